The maximum absolute atomic E-state index is 12.4. The molecule has 2 aromatic rings. The standard InChI is InChI=1S/C20H25NO6/c1-23-9-10-24-11-12-25-13-14-26-19-15-16(21)7-8-18(19)20(22)27-17-5-3-2-4-6-17/h2-8,15H,9-14,21H2,1H3. The first-order valence-corrected chi connectivity index (χ1v) is 8.64. The molecule has 0 spiro atoms. The van der Waals surface area contributed by atoms with E-state index in [4.69, 9.17) is 29.4 Å². The Balaban J connectivity index is 1.80. The lowest BCUT2D eigenvalue weighted by atomic mass is 10.2. The van der Waals surface area contributed by atoms with Crippen LogP contribution in [-0.4, -0.2) is 52.7 Å². The van der Waals surface area contributed by atoms with Crippen LogP contribution in [-0.2, 0) is 14.2 Å². The van der Waals surface area contributed by atoms with Crippen LogP contribution in [0.4, 0.5) is 5.69 Å². The smallest absolute Gasteiger partial charge is 0.347 e. The minimum atomic E-state index is -0.510. The van der Waals surface area contributed by atoms with Gasteiger partial charge in [0.1, 0.15) is 23.7 Å². The van der Waals surface area contributed by atoms with Crippen LogP contribution in [0.15, 0.2) is 48.5 Å². The Bertz CT molecular complexity index is 692. The van der Waals surface area contributed by atoms with Crippen molar-refractivity contribution in [3.63, 3.8) is 0 Å². The van der Waals surface area contributed by atoms with E-state index in [0.29, 0.717) is 55.8 Å². The van der Waals surface area contributed by atoms with E-state index in [1.165, 1.54) is 0 Å². The second-order valence-electron chi connectivity index (χ2n) is 5.52. The molecule has 0 saturated heterocycles. The van der Waals surface area contributed by atoms with Crippen molar-refractivity contribution < 1.29 is 28.5 Å². The molecule has 7 nitrogen and oxygen atoms in total. The van der Waals surface area contributed by atoms with Gasteiger partial charge in [-0.2, -0.15) is 0 Å². The number of benzene rings is 2. The number of hydrogen-bond acceptors (Lipinski definition) is 7. The zero-order valence-corrected chi connectivity index (χ0v) is 15.4. The number of nitrogens with two attached hydrogens (primary N) is 1. The highest BCUT2D eigenvalue weighted by molar-refractivity contribution is 5.94. The molecule has 2 aromatic carbocycles. The molecule has 0 heterocycles. The molecular weight excluding hydrogens is 350 g/mol. The first-order valence-electron chi connectivity index (χ1n) is 8.64. The van der Waals surface area contributed by atoms with Gasteiger partial charge in [0.05, 0.1) is 33.0 Å². The number of carbonyl (C=O) groups excluding carboxylic acids is 1. The summed E-state index contributed by atoms with van der Waals surface area (Å²) in [5.74, 6) is 0.307. The topological polar surface area (TPSA) is 89.2 Å². The monoisotopic (exact) mass is 375 g/mol. The van der Waals surface area contributed by atoms with Crippen molar-refractivity contribution in [2.45, 2.75) is 0 Å². The van der Waals surface area contributed by atoms with E-state index in [9.17, 15) is 4.79 Å². The summed E-state index contributed by atoms with van der Waals surface area (Å²) in [5.41, 5.74) is 6.60. The molecule has 0 aromatic heterocycles. The number of ether oxygens (including phenoxy) is 5. The number of para-hydroxylation sites is 1. The zero-order valence-electron chi connectivity index (χ0n) is 15.4. The van der Waals surface area contributed by atoms with Crippen LogP contribution in [0.2, 0.25) is 0 Å². The minimum absolute atomic E-state index is 0.271. The normalized spacial score (nSPS) is 10.6. The summed E-state index contributed by atoms with van der Waals surface area (Å²) in [5, 5.41) is 0. The average molecular weight is 375 g/mol. The van der Waals surface area contributed by atoms with Crippen LogP contribution in [0.5, 0.6) is 11.5 Å². The van der Waals surface area contributed by atoms with Crippen molar-refractivity contribution in [2.75, 3.05) is 52.5 Å². The Morgan fingerprint density at radius 2 is 1.56 bits per heavy atom. The molecule has 0 amide bonds. The van der Waals surface area contributed by atoms with Crippen molar-refractivity contribution in [1.29, 1.82) is 0 Å². The fourth-order valence-electron chi connectivity index (χ4n) is 2.15. The predicted octanol–water partition coefficient (Wildman–Crippen LogP) is 2.55. The van der Waals surface area contributed by atoms with Crippen molar-refractivity contribution in [1.82, 2.24) is 0 Å². The number of nitrogen functional groups attached to an aromatic ring is 1. The number of anilines is 1. The van der Waals surface area contributed by atoms with Gasteiger partial charge in [-0.05, 0) is 24.3 Å². The molecule has 0 aliphatic heterocycles. The third kappa shape index (κ3) is 7.65. The first-order chi connectivity index (χ1) is 13.2. The summed E-state index contributed by atoms with van der Waals surface area (Å²) in [6, 6.07) is 13.6. The van der Waals surface area contributed by atoms with Crippen LogP contribution in [0.25, 0.3) is 0 Å². The number of rotatable bonds is 12. The molecule has 7 heteroatoms. The van der Waals surface area contributed by atoms with E-state index in [1.807, 2.05) is 6.07 Å². The summed E-state index contributed by atoms with van der Waals surface area (Å²) in [6.07, 6.45) is 0. The van der Waals surface area contributed by atoms with Gasteiger partial charge >= 0.3 is 5.97 Å². The summed E-state index contributed by atoms with van der Waals surface area (Å²) in [4.78, 5) is 12.4. The molecule has 0 aliphatic carbocycles. The minimum Gasteiger partial charge on any atom is -0.490 e. The number of carbonyl (C=O) groups is 1. The molecule has 0 bridgehead atoms. The van der Waals surface area contributed by atoms with Crippen molar-refractivity contribution in [3.8, 4) is 11.5 Å². The highest BCUT2D eigenvalue weighted by Crippen LogP contribution is 2.24. The summed E-state index contributed by atoms with van der Waals surface area (Å²) < 4.78 is 26.6. The quantitative estimate of drug-likeness (QED) is 0.264. The van der Waals surface area contributed by atoms with Gasteiger partial charge in [-0.1, -0.05) is 18.2 Å². The van der Waals surface area contributed by atoms with E-state index in [2.05, 4.69) is 0 Å². The Morgan fingerprint density at radius 3 is 2.26 bits per heavy atom. The molecule has 0 saturated carbocycles. The molecule has 0 fully saturated rings. The zero-order chi connectivity index (χ0) is 19.3. The highest BCUT2D eigenvalue weighted by Gasteiger charge is 2.15. The maximum Gasteiger partial charge on any atom is 0.347 e. The fourth-order valence-corrected chi connectivity index (χ4v) is 2.15. The second-order valence-corrected chi connectivity index (χ2v) is 5.52. The number of hydrogen-bond donors (Lipinski definition) is 1. The average Bonchev–Trinajstić information content (AvgIpc) is 2.67. The highest BCUT2D eigenvalue weighted by atomic mass is 16.6. The van der Waals surface area contributed by atoms with Crippen molar-refractivity contribution in [2.24, 2.45) is 0 Å². The Labute approximate surface area is 158 Å². The largest absolute Gasteiger partial charge is 0.490 e. The lowest BCUT2D eigenvalue weighted by Gasteiger charge is -2.12. The second kappa shape index (κ2) is 11.9. The van der Waals surface area contributed by atoms with E-state index >= 15 is 0 Å². The van der Waals surface area contributed by atoms with Gasteiger partial charge in [-0.3, -0.25) is 0 Å². The van der Waals surface area contributed by atoms with Crippen LogP contribution in [0, 0.1) is 0 Å². The third-order valence-corrected chi connectivity index (χ3v) is 3.47. The van der Waals surface area contributed by atoms with Crippen molar-refractivity contribution >= 4 is 11.7 Å². The van der Waals surface area contributed by atoms with Gasteiger partial charge in [-0.25, -0.2) is 4.79 Å². The Kier molecular flexibility index (Phi) is 9.12. The molecule has 146 valence electrons. The van der Waals surface area contributed by atoms with Gasteiger partial charge in [0.2, 0.25) is 0 Å². The Hall–Kier alpha value is -2.61. The molecular formula is C20H25NO6. The molecule has 0 atom stereocenters. The lowest BCUT2D eigenvalue weighted by Crippen LogP contribution is -2.15. The SMILES string of the molecule is COCCOCCOCCOc1cc(N)ccc1C(=O)Oc1ccccc1. The summed E-state index contributed by atoms with van der Waals surface area (Å²) in [7, 11) is 1.62. The summed E-state index contributed by atoms with van der Waals surface area (Å²) >= 11 is 0. The lowest BCUT2D eigenvalue weighted by molar-refractivity contribution is 0.0178. The molecule has 0 unspecified atom stereocenters. The maximum atomic E-state index is 12.4. The number of methoxy groups -OCH3 is 1. The van der Waals surface area contributed by atoms with Gasteiger partial charge in [0.15, 0.2) is 0 Å². The van der Waals surface area contributed by atoms with Crippen LogP contribution >= 0.6 is 0 Å². The van der Waals surface area contributed by atoms with Crippen LogP contribution < -0.4 is 15.2 Å². The fraction of sp³-hybridized carbons (Fsp3) is 0.350. The van der Waals surface area contributed by atoms with E-state index in [0.717, 1.165) is 0 Å². The predicted molar refractivity (Wildman–Crippen MR) is 101 cm³/mol. The van der Waals surface area contributed by atoms with E-state index < -0.39 is 5.97 Å². The molecule has 2 N–H and O–H groups in total. The molecule has 0 radical (unpaired) electrons. The first kappa shape index (κ1) is 20.7. The molecule has 2 rings (SSSR count). The molecule has 27 heavy (non-hydrogen) atoms. The van der Waals surface area contributed by atoms with E-state index in [1.54, 1.807) is 49.6 Å². The van der Waals surface area contributed by atoms with Crippen LogP contribution in [0.3, 0.4) is 0 Å². The van der Waals surface area contributed by atoms with Gasteiger partial charge in [0.25, 0.3) is 0 Å². The van der Waals surface area contributed by atoms with Gasteiger partial charge in [0, 0.05) is 18.9 Å². The third-order valence-electron chi connectivity index (χ3n) is 3.47. The Morgan fingerprint density at radius 1 is 0.889 bits per heavy atom. The summed E-state index contributed by atoms with van der Waals surface area (Å²) in [6.45, 7) is 2.65. The molecule has 0 aliphatic rings. The van der Waals surface area contributed by atoms with Gasteiger partial charge < -0.3 is 29.4 Å². The van der Waals surface area contributed by atoms with E-state index in [-0.39, 0.29) is 6.61 Å². The number of esters is 1. The van der Waals surface area contributed by atoms with Gasteiger partial charge in [-0.15, -0.1) is 0 Å². The van der Waals surface area contributed by atoms with Crippen molar-refractivity contribution in [3.05, 3.63) is 54.1 Å². The van der Waals surface area contributed by atoms with Crippen LogP contribution in [0.1, 0.15) is 10.4 Å².